The number of nitrogens with zero attached hydrogens (tertiary/aromatic N) is 1. The average molecular weight is 300 g/mol. The minimum absolute atomic E-state index is 0.0790. The number of nitrogens with one attached hydrogen (secondary N) is 1. The third-order valence-corrected chi connectivity index (χ3v) is 3.98. The van der Waals surface area contributed by atoms with Crippen molar-refractivity contribution in [2.24, 2.45) is 5.92 Å². The third kappa shape index (κ3) is 3.83. The van der Waals surface area contributed by atoms with Crippen LogP contribution in [0.5, 0.6) is 0 Å². The average Bonchev–Trinajstić information content (AvgIpc) is 2.52. The van der Waals surface area contributed by atoms with Gasteiger partial charge < -0.3 is 10.4 Å². The quantitative estimate of drug-likeness (QED) is 0.862. The van der Waals surface area contributed by atoms with Gasteiger partial charge in [-0.25, -0.2) is 0 Å². The second-order valence-corrected chi connectivity index (χ2v) is 6.01. The first-order valence-electron chi connectivity index (χ1n) is 7.82. The van der Waals surface area contributed by atoms with Crippen molar-refractivity contribution in [3.8, 4) is 0 Å². The molecule has 0 aliphatic carbocycles. The fourth-order valence-electron chi connectivity index (χ4n) is 2.64. The molecule has 1 aromatic carbocycles. The minimum atomic E-state index is -0.528. The fraction of sp³-hybridized carbons (Fsp3) is 0.444. The Morgan fingerprint density at radius 3 is 2.68 bits per heavy atom. The van der Waals surface area contributed by atoms with Crippen LogP contribution in [0.15, 0.2) is 36.7 Å². The summed E-state index contributed by atoms with van der Waals surface area (Å²) in [5.41, 5.74) is 0.907. The van der Waals surface area contributed by atoms with E-state index in [0.29, 0.717) is 6.42 Å². The van der Waals surface area contributed by atoms with Crippen LogP contribution in [-0.4, -0.2) is 28.1 Å². The Kier molecular flexibility index (Phi) is 5.50. The summed E-state index contributed by atoms with van der Waals surface area (Å²) in [5.74, 6) is 0.0363. The van der Waals surface area contributed by atoms with Gasteiger partial charge >= 0.3 is 0 Å². The number of aromatic nitrogens is 1. The molecule has 4 nitrogen and oxygen atoms in total. The van der Waals surface area contributed by atoms with Gasteiger partial charge in [-0.15, -0.1) is 0 Å². The summed E-state index contributed by atoms with van der Waals surface area (Å²) < 4.78 is 0. The first-order valence-corrected chi connectivity index (χ1v) is 7.82. The molecule has 2 atom stereocenters. The van der Waals surface area contributed by atoms with Crippen LogP contribution in [0.2, 0.25) is 0 Å². The molecule has 4 heteroatoms. The topological polar surface area (TPSA) is 62.2 Å². The van der Waals surface area contributed by atoms with Gasteiger partial charge in [-0.3, -0.25) is 9.78 Å². The summed E-state index contributed by atoms with van der Waals surface area (Å²) in [7, 11) is 0. The van der Waals surface area contributed by atoms with E-state index in [4.69, 9.17) is 0 Å². The molecule has 0 saturated carbocycles. The lowest BCUT2D eigenvalue weighted by Gasteiger charge is -2.25. The zero-order valence-electron chi connectivity index (χ0n) is 13.4. The number of hydrogen-bond donors (Lipinski definition) is 2. The maximum atomic E-state index is 12.3. The predicted octanol–water partition coefficient (Wildman–Crippen LogP) is 2.69. The van der Waals surface area contributed by atoms with Crippen molar-refractivity contribution in [2.75, 3.05) is 0 Å². The van der Waals surface area contributed by atoms with Crippen LogP contribution in [0.4, 0.5) is 0 Å². The molecule has 0 fully saturated rings. The van der Waals surface area contributed by atoms with Crippen LogP contribution >= 0.6 is 0 Å². The first kappa shape index (κ1) is 16.4. The lowest BCUT2D eigenvalue weighted by molar-refractivity contribution is -0.122. The van der Waals surface area contributed by atoms with Gasteiger partial charge in [-0.05, 0) is 23.3 Å². The molecule has 0 spiro atoms. The van der Waals surface area contributed by atoms with Crippen LogP contribution < -0.4 is 5.32 Å². The number of amides is 1. The van der Waals surface area contributed by atoms with Gasteiger partial charge in [0, 0.05) is 17.8 Å². The molecule has 1 aromatic heterocycles. The van der Waals surface area contributed by atoms with Crippen LogP contribution in [0.1, 0.15) is 32.8 Å². The van der Waals surface area contributed by atoms with E-state index in [9.17, 15) is 9.90 Å². The van der Waals surface area contributed by atoms with Crippen molar-refractivity contribution in [1.82, 2.24) is 10.3 Å². The summed E-state index contributed by atoms with van der Waals surface area (Å²) >= 11 is 0. The maximum absolute atomic E-state index is 12.3. The smallest absolute Gasteiger partial charge is 0.224 e. The van der Waals surface area contributed by atoms with Gasteiger partial charge in [-0.2, -0.15) is 0 Å². The van der Waals surface area contributed by atoms with Crippen LogP contribution in [0.3, 0.4) is 0 Å². The molecule has 2 N–H and O–H groups in total. The monoisotopic (exact) mass is 300 g/mol. The molecule has 118 valence electrons. The van der Waals surface area contributed by atoms with Crippen molar-refractivity contribution >= 4 is 16.7 Å². The number of pyridine rings is 1. The summed E-state index contributed by atoms with van der Waals surface area (Å²) in [6.45, 7) is 5.87. The van der Waals surface area contributed by atoms with E-state index in [2.05, 4.69) is 10.3 Å². The van der Waals surface area contributed by atoms with E-state index in [1.54, 1.807) is 12.4 Å². The number of aliphatic hydroxyl groups is 1. The van der Waals surface area contributed by atoms with Crippen molar-refractivity contribution in [3.63, 3.8) is 0 Å². The van der Waals surface area contributed by atoms with Crippen molar-refractivity contribution in [1.29, 1.82) is 0 Å². The normalized spacial score (nSPS) is 14.0. The van der Waals surface area contributed by atoms with E-state index in [-0.39, 0.29) is 24.3 Å². The molecule has 2 aromatic rings. The van der Waals surface area contributed by atoms with Gasteiger partial charge in [0.05, 0.1) is 18.6 Å². The number of rotatable bonds is 6. The SMILES string of the molecule is CCC(NC(=O)Cc1cncc2ccccc12)C(O)C(C)C. The number of benzene rings is 1. The molecule has 2 unspecified atom stereocenters. The van der Waals surface area contributed by atoms with Gasteiger partial charge in [-0.1, -0.05) is 45.0 Å². The van der Waals surface area contributed by atoms with Crippen LogP contribution in [-0.2, 0) is 11.2 Å². The highest BCUT2D eigenvalue weighted by Gasteiger charge is 2.22. The van der Waals surface area contributed by atoms with Gasteiger partial charge in [0.1, 0.15) is 0 Å². The van der Waals surface area contributed by atoms with E-state index < -0.39 is 6.10 Å². The highest BCUT2D eigenvalue weighted by molar-refractivity contribution is 5.89. The fourth-order valence-corrected chi connectivity index (χ4v) is 2.64. The lowest BCUT2D eigenvalue weighted by atomic mass is 9.97. The molecule has 0 aliphatic heterocycles. The number of carbonyl (C=O) groups excluding carboxylic acids is 1. The summed E-state index contributed by atoms with van der Waals surface area (Å²) in [6.07, 6.45) is 3.99. The lowest BCUT2D eigenvalue weighted by Crippen LogP contribution is -2.45. The number of carbonyl (C=O) groups is 1. The Morgan fingerprint density at radius 2 is 2.00 bits per heavy atom. The van der Waals surface area contributed by atoms with Crippen molar-refractivity contribution in [3.05, 3.63) is 42.2 Å². The molecule has 1 amide bonds. The Balaban J connectivity index is 2.11. The number of aliphatic hydroxyl groups excluding tert-OH is 1. The van der Waals surface area contributed by atoms with Gasteiger partial charge in [0.2, 0.25) is 5.91 Å². The van der Waals surface area contributed by atoms with E-state index >= 15 is 0 Å². The zero-order chi connectivity index (χ0) is 16.1. The third-order valence-electron chi connectivity index (χ3n) is 3.98. The van der Waals surface area contributed by atoms with Crippen molar-refractivity contribution < 1.29 is 9.90 Å². The second-order valence-electron chi connectivity index (χ2n) is 6.01. The first-order chi connectivity index (χ1) is 10.5. The largest absolute Gasteiger partial charge is 0.391 e. The molecule has 1 heterocycles. The Morgan fingerprint density at radius 1 is 1.27 bits per heavy atom. The molecule has 0 radical (unpaired) electrons. The Hall–Kier alpha value is -1.94. The van der Waals surface area contributed by atoms with E-state index in [1.807, 2.05) is 45.0 Å². The molecule has 0 bridgehead atoms. The van der Waals surface area contributed by atoms with Crippen molar-refractivity contribution in [2.45, 2.75) is 45.8 Å². The summed E-state index contributed by atoms with van der Waals surface area (Å²) in [6, 6.07) is 7.69. The summed E-state index contributed by atoms with van der Waals surface area (Å²) in [5, 5.41) is 15.2. The second kappa shape index (κ2) is 7.36. The number of fused-ring (bicyclic) bond motifs is 1. The molecule has 0 saturated heterocycles. The zero-order valence-corrected chi connectivity index (χ0v) is 13.4. The molecular formula is C18H24N2O2. The highest BCUT2D eigenvalue weighted by atomic mass is 16.3. The predicted molar refractivity (Wildman–Crippen MR) is 88.5 cm³/mol. The molecule has 2 rings (SSSR count). The van der Waals surface area contributed by atoms with Crippen LogP contribution in [0, 0.1) is 5.92 Å². The Bertz CT molecular complexity index is 635. The molecule has 0 aliphatic rings. The maximum Gasteiger partial charge on any atom is 0.224 e. The standard InChI is InChI=1S/C18H24N2O2/c1-4-16(18(22)12(2)3)20-17(21)9-14-11-19-10-13-7-5-6-8-15(13)14/h5-8,10-12,16,18,22H,4,9H2,1-3H3,(H,20,21). The van der Waals surface area contributed by atoms with Gasteiger partial charge in [0.25, 0.3) is 0 Å². The Labute approximate surface area is 131 Å². The highest BCUT2D eigenvalue weighted by Crippen LogP contribution is 2.17. The van der Waals surface area contributed by atoms with E-state index in [1.165, 1.54) is 0 Å². The molecular weight excluding hydrogens is 276 g/mol. The summed E-state index contributed by atoms with van der Waals surface area (Å²) in [4.78, 5) is 16.5. The molecule has 22 heavy (non-hydrogen) atoms. The van der Waals surface area contributed by atoms with E-state index in [0.717, 1.165) is 16.3 Å². The van der Waals surface area contributed by atoms with Crippen LogP contribution in [0.25, 0.3) is 10.8 Å². The number of hydrogen-bond acceptors (Lipinski definition) is 3. The minimum Gasteiger partial charge on any atom is -0.391 e. The van der Waals surface area contributed by atoms with Gasteiger partial charge in [0.15, 0.2) is 0 Å².